The van der Waals surface area contributed by atoms with Gasteiger partial charge < -0.3 is 0 Å². The van der Waals surface area contributed by atoms with Gasteiger partial charge in [-0.1, -0.05) is 39.1 Å². The third kappa shape index (κ3) is 4.32. The summed E-state index contributed by atoms with van der Waals surface area (Å²) >= 11 is 14.2. The molecule has 0 bridgehead atoms. The lowest BCUT2D eigenvalue weighted by Gasteiger charge is -2.13. The monoisotopic (exact) mass is 447 g/mol. The van der Waals surface area contributed by atoms with Gasteiger partial charge in [-0.25, -0.2) is 8.42 Å². The average molecular weight is 449 g/mol. The molecule has 124 valence electrons. The summed E-state index contributed by atoms with van der Waals surface area (Å²) in [7, 11) is -4.10. The highest BCUT2D eigenvalue weighted by Crippen LogP contribution is 2.36. The van der Waals surface area contributed by atoms with Gasteiger partial charge in [0.05, 0.1) is 20.5 Å². The molecule has 2 rings (SSSR count). The van der Waals surface area contributed by atoms with Gasteiger partial charge in [0.15, 0.2) is 0 Å². The molecule has 0 saturated heterocycles. The van der Waals surface area contributed by atoms with E-state index in [0.717, 1.165) is 12.1 Å². The molecule has 0 atom stereocenters. The number of rotatable bonds is 3. The Bertz CT molecular complexity index is 857. The van der Waals surface area contributed by atoms with Crippen molar-refractivity contribution in [2.24, 2.45) is 0 Å². The Balaban J connectivity index is 2.39. The van der Waals surface area contributed by atoms with Gasteiger partial charge in [0.25, 0.3) is 10.0 Å². The van der Waals surface area contributed by atoms with Crippen molar-refractivity contribution in [3.63, 3.8) is 0 Å². The van der Waals surface area contributed by atoms with Gasteiger partial charge in [0.2, 0.25) is 0 Å². The molecule has 0 amide bonds. The van der Waals surface area contributed by atoms with Crippen LogP contribution in [0.5, 0.6) is 0 Å². The predicted octanol–water partition coefficient (Wildman–Crippen LogP) is 5.58. The summed E-state index contributed by atoms with van der Waals surface area (Å²) in [6.07, 6.45) is -4.62. The van der Waals surface area contributed by atoms with E-state index in [1.54, 1.807) is 0 Å². The molecule has 2 aromatic rings. The Kier molecular flexibility index (Phi) is 5.20. The minimum absolute atomic E-state index is 0.0151. The number of halogens is 6. The topological polar surface area (TPSA) is 46.2 Å². The summed E-state index contributed by atoms with van der Waals surface area (Å²) in [5.74, 6) is 0. The third-order valence-electron chi connectivity index (χ3n) is 2.73. The van der Waals surface area contributed by atoms with Gasteiger partial charge in [-0.2, -0.15) is 13.2 Å². The number of nitrogens with one attached hydrogen (secondary N) is 1. The number of alkyl halides is 3. The Labute approximate surface area is 148 Å². The molecular weight excluding hydrogens is 442 g/mol. The van der Waals surface area contributed by atoms with E-state index < -0.39 is 21.8 Å². The molecule has 0 aliphatic carbocycles. The summed E-state index contributed by atoms with van der Waals surface area (Å²) in [4.78, 5) is -0.219. The van der Waals surface area contributed by atoms with Crippen LogP contribution in [0.25, 0.3) is 0 Å². The normalized spacial score (nSPS) is 12.3. The molecule has 1 N–H and O–H groups in total. The first-order valence-corrected chi connectivity index (χ1v) is 8.88. The van der Waals surface area contributed by atoms with Crippen molar-refractivity contribution in [1.29, 1.82) is 0 Å². The van der Waals surface area contributed by atoms with Crippen LogP contribution in [-0.2, 0) is 16.2 Å². The molecule has 0 fully saturated rings. The lowest BCUT2D eigenvalue weighted by molar-refractivity contribution is -0.138. The van der Waals surface area contributed by atoms with Crippen LogP contribution in [0.1, 0.15) is 5.56 Å². The van der Waals surface area contributed by atoms with Crippen LogP contribution >= 0.6 is 39.1 Å². The van der Waals surface area contributed by atoms with Crippen LogP contribution in [0, 0.1) is 0 Å². The number of hydrogen-bond donors (Lipinski definition) is 1. The quantitative estimate of drug-likeness (QED) is 0.666. The minimum Gasteiger partial charge on any atom is -0.280 e. The molecule has 0 unspecified atom stereocenters. The van der Waals surface area contributed by atoms with Gasteiger partial charge in [-0.05, 0) is 36.4 Å². The molecule has 0 aromatic heterocycles. The summed E-state index contributed by atoms with van der Waals surface area (Å²) in [6, 6.07) is 6.58. The molecule has 2 aromatic carbocycles. The molecular formula is C13H7BrCl2F3NO2S. The Morgan fingerprint density at radius 1 is 1.00 bits per heavy atom. The van der Waals surface area contributed by atoms with Crippen molar-refractivity contribution in [1.82, 2.24) is 0 Å². The van der Waals surface area contributed by atoms with Crippen LogP contribution in [0.15, 0.2) is 45.8 Å². The lowest BCUT2D eigenvalue weighted by Crippen LogP contribution is -2.14. The van der Waals surface area contributed by atoms with Crippen molar-refractivity contribution in [2.45, 2.75) is 11.1 Å². The Morgan fingerprint density at radius 3 is 2.22 bits per heavy atom. The summed E-state index contributed by atoms with van der Waals surface area (Å²) in [5, 5.41) is 0.176. The standard InChI is InChI=1S/C13H7BrCl2F3NO2S/c14-10-3-1-7(5-9(10)13(17,18)19)20-23(21,22)8-2-4-11(15)12(16)6-8/h1-6,20H. The molecule has 0 aliphatic heterocycles. The largest absolute Gasteiger partial charge is 0.417 e. The predicted molar refractivity (Wildman–Crippen MR) is 86.4 cm³/mol. The van der Waals surface area contributed by atoms with Crippen LogP contribution in [-0.4, -0.2) is 8.42 Å². The SMILES string of the molecule is O=S(=O)(Nc1ccc(Br)c(C(F)(F)F)c1)c1ccc(Cl)c(Cl)c1. The van der Waals surface area contributed by atoms with Crippen LogP contribution in [0.4, 0.5) is 18.9 Å². The van der Waals surface area contributed by atoms with Crippen molar-refractivity contribution >= 4 is 54.8 Å². The van der Waals surface area contributed by atoms with Crippen molar-refractivity contribution in [3.05, 3.63) is 56.5 Å². The first-order chi connectivity index (χ1) is 10.5. The van der Waals surface area contributed by atoms with Gasteiger partial charge in [0.1, 0.15) is 0 Å². The van der Waals surface area contributed by atoms with E-state index >= 15 is 0 Å². The molecule has 0 aliphatic rings. The first-order valence-electron chi connectivity index (χ1n) is 5.85. The maximum Gasteiger partial charge on any atom is 0.417 e. The number of anilines is 1. The van der Waals surface area contributed by atoms with E-state index in [9.17, 15) is 21.6 Å². The molecule has 0 radical (unpaired) electrons. The van der Waals surface area contributed by atoms with E-state index in [2.05, 4.69) is 20.7 Å². The molecule has 0 heterocycles. The number of hydrogen-bond acceptors (Lipinski definition) is 2. The Hall–Kier alpha value is -0.960. The second-order valence-electron chi connectivity index (χ2n) is 4.37. The van der Waals surface area contributed by atoms with E-state index in [1.165, 1.54) is 18.2 Å². The maximum atomic E-state index is 12.8. The molecule has 3 nitrogen and oxygen atoms in total. The molecule has 0 saturated carbocycles. The minimum atomic E-state index is -4.62. The van der Waals surface area contributed by atoms with Gasteiger partial charge in [0, 0.05) is 10.2 Å². The smallest absolute Gasteiger partial charge is 0.280 e. The average Bonchev–Trinajstić information content (AvgIpc) is 2.42. The fourth-order valence-corrected chi connectivity index (χ4v) is 3.57. The van der Waals surface area contributed by atoms with Crippen molar-refractivity contribution < 1.29 is 21.6 Å². The van der Waals surface area contributed by atoms with Crippen LogP contribution in [0.3, 0.4) is 0 Å². The molecule has 0 spiro atoms. The second kappa shape index (κ2) is 6.51. The highest BCUT2D eigenvalue weighted by Gasteiger charge is 2.33. The van der Waals surface area contributed by atoms with E-state index in [0.29, 0.717) is 6.07 Å². The van der Waals surface area contributed by atoms with Crippen molar-refractivity contribution in [2.75, 3.05) is 4.72 Å². The summed E-state index contributed by atoms with van der Waals surface area (Å²) in [6.45, 7) is 0. The van der Waals surface area contributed by atoms with E-state index in [4.69, 9.17) is 23.2 Å². The van der Waals surface area contributed by atoms with Gasteiger partial charge >= 0.3 is 6.18 Å². The fraction of sp³-hybridized carbons (Fsp3) is 0.0769. The zero-order valence-electron chi connectivity index (χ0n) is 11.0. The first kappa shape index (κ1) is 18.4. The summed E-state index contributed by atoms with van der Waals surface area (Å²) in [5.41, 5.74) is -1.22. The van der Waals surface area contributed by atoms with E-state index in [1.807, 2.05) is 0 Å². The van der Waals surface area contributed by atoms with Gasteiger partial charge in [-0.15, -0.1) is 0 Å². The fourth-order valence-electron chi connectivity index (χ4n) is 1.66. The zero-order valence-corrected chi connectivity index (χ0v) is 14.9. The van der Waals surface area contributed by atoms with Gasteiger partial charge in [-0.3, -0.25) is 4.72 Å². The highest BCUT2D eigenvalue weighted by molar-refractivity contribution is 9.10. The van der Waals surface area contributed by atoms with Crippen LogP contribution < -0.4 is 4.72 Å². The Morgan fingerprint density at radius 2 is 1.65 bits per heavy atom. The lowest BCUT2D eigenvalue weighted by atomic mass is 10.2. The molecule has 23 heavy (non-hydrogen) atoms. The van der Waals surface area contributed by atoms with Crippen molar-refractivity contribution in [3.8, 4) is 0 Å². The second-order valence-corrected chi connectivity index (χ2v) is 7.72. The molecule has 10 heteroatoms. The maximum absolute atomic E-state index is 12.8. The van der Waals surface area contributed by atoms with E-state index in [-0.39, 0.29) is 25.1 Å². The highest BCUT2D eigenvalue weighted by atomic mass is 79.9. The van der Waals surface area contributed by atoms with Crippen LogP contribution in [0.2, 0.25) is 10.0 Å². The summed E-state index contributed by atoms with van der Waals surface area (Å²) < 4.78 is 64.8. The number of sulfonamides is 1. The number of benzene rings is 2. The zero-order chi connectivity index (χ0) is 17.4. The third-order valence-corrected chi connectivity index (χ3v) is 5.53.